The van der Waals surface area contributed by atoms with E-state index in [-0.39, 0.29) is 11.8 Å². The highest BCUT2D eigenvalue weighted by molar-refractivity contribution is 8.00. The third kappa shape index (κ3) is 6.66. The lowest BCUT2D eigenvalue weighted by atomic mass is 10.0. The van der Waals surface area contributed by atoms with Crippen molar-refractivity contribution in [2.45, 2.75) is 36.8 Å². The number of thioether (sulfide) groups is 1. The van der Waals surface area contributed by atoms with E-state index < -0.39 is 11.1 Å². The van der Waals surface area contributed by atoms with Crippen molar-refractivity contribution in [2.24, 2.45) is 0 Å². The molecule has 0 aromatic heterocycles. The zero-order chi connectivity index (χ0) is 22.3. The topological polar surface area (TPSA) is 9.23 Å². The van der Waals surface area contributed by atoms with Crippen molar-refractivity contribution in [3.8, 4) is 16.9 Å². The molecule has 5 heteroatoms. The van der Waals surface area contributed by atoms with Gasteiger partial charge in [-0.05, 0) is 72.1 Å². The van der Waals surface area contributed by atoms with E-state index in [1.165, 1.54) is 0 Å². The molecule has 0 amide bonds. The SMILES string of the molecule is CCCCOc1ccc(-c2ccc(/C=C(\F)C(F)(F)Sc3ccc(C)cc3)cc2)cc1. The van der Waals surface area contributed by atoms with E-state index in [0.29, 0.717) is 17.1 Å². The number of hydrogen-bond acceptors (Lipinski definition) is 2. The van der Waals surface area contributed by atoms with Gasteiger partial charge in [0.1, 0.15) is 5.75 Å². The van der Waals surface area contributed by atoms with Gasteiger partial charge in [0.05, 0.1) is 6.61 Å². The van der Waals surface area contributed by atoms with E-state index >= 15 is 0 Å². The monoisotopic (exact) mass is 442 g/mol. The van der Waals surface area contributed by atoms with Crippen LogP contribution in [0.4, 0.5) is 13.2 Å². The normalized spacial score (nSPS) is 12.1. The van der Waals surface area contributed by atoms with Crippen molar-refractivity contribution in [2.75, 3.05) is 6.61 Å². The van der Waals surface area contributed by atoms with Crippen LogP contribution in [0.25, 0.3) is 17.2 Å². The van der Waals surface area contributed by atoms with Crippen LogP contribution in [0.15, 0.2) is 83.5 Å². The maximum atomic E-state index is 14.3. The summed E-state index contributed by atoms with van der Waals surface area (Å²) in [6.45, 7) is 4.67. The molecule has 0 radical (unpaired) electrons. The average Bonchev–Trinajstić information content (AvgIpc) is 2.76. The summed E-state index contributed by atoms with van der Waals surface area (Å²) in [6, 6.07) is 21.1. The number of rotatable bonds is 9. The molecule has 1 nitrogen and oxygen atoms in total. The Bertz CT molecular complexity index is 994. The lowest BCUT2D eigenvalue weighted by Crippen LogP contribution is -2.10. The number of unbranched alkanes of at least 4 members (excludes halogenated alkanes) is 1. The number of alkyl halides is 2. The van der Waals surface area contributed by atoms with Gasteiger partial charge in [-0.25, -0.2) is 4.39 Å². The third-order valence-electron chi connectivity index (χ3n) is 4.70. The number of hydrogen-bond donors (Lipinski definition) is 0. The molecule has 0 atom stereocenters. The summed E-state index contributed by atoms with van der Waals surface area (Å²) in [7, 11) is 0. The van der Waals surface area contributed by atoms with Crippen LogP contribution in [0, 0.1) is 6.92 Å². The molecule has 0 unspecified atom stereocenters. The molecule has 0 N–H and O–H groups in total. The standard InChI is InChI=1S/C26H25F3OS/c1-3-4-17-30-23-13-11-22(12-14-23)21-9-7-20(8-10-21)18-25(27)26(28,29)31-24-15-5-19(2)6-16-24/h5-16,18H,3-4,17H2,1-2H3/b25-18-. The van der Waals surface area contributed by atoms with Gasteiger partial charge in [0.2, 0.25) is 0 Å². The van der Waals surface area contributed by atoms with Crippen molar-refractivity contribution in [1.29, 1.82) is 0 Å². The molecule has 0 saturated heterocycles. The highest BCUT2D eigenvalue weighted by Gasteiger charge is 2.36. The predicted molar refractivity (Wildman–Crippen MR) is 123 cm³/mol. The fraction of sp³-hybridized carbons (Fsp3) is 0.231. The van der Waals surface area contributed by atoms with E-state index in [1.807, 2.05) is 31.2 Å². The van der Waals surface area contributed by atoms with Crippen LogP contribution in [-0.2, 0) is 0 Å². The summed E-state index contributed by atoms with van der Waals surface area (Å²) >= 11 is 0.202. The molecule has 3 rings (SSSR count). The zero-order valence-electron chi connectivity index (χ0n) is 17.6. The van der Waals surface area contributed by atoms with Gasteiger partial charge in [0.25, 0.3) is 0 Å². The van der Waals surface area contributed by atoms with Crippen molar-refractivity contribution in [3.63, 3.8) is 0 Å². The maximum Gasteiger partial charge on any atom is 0.349 e. The molecule has 3 aromatic carbocycles. The van der Waals surface area contributed by atoms with Gasteiger partial charge in [0, 0.05) is 4.90 Å². The molecule has 0 heterocycles. The van der Waals surface area contributed by atoms with E-state index in [0.717, 1.165) is 41.4 Å². The van der Waals surface area contributed by atoms with Crippen LogP contribution in [0.3, 0.4) is 0 Å². The molecular formula is C26H25F3OS. The maximum absolute atomic E-state index is 14.3. The Kier molecular flexibility index (Phi) is 7.85. The molecule has 0 aliphatic heterocycles. The average molecular weight is 443 g/mol. The summed E-state index contributed by atoms with van der Waals surface area (Å²) in [5.74, 6) is -0.661. The van der Waals surface area contributed by atoms with E-state index in [9.17, 15) is 13.2 Å². The summed E-state index contributed by atoms with van der Waals surface area (Å²) in [5.41, 5.74) is 3.23. The van der Waals surface area contributed by atoms with Gasteiger partial charge in [-0.2, -0.15) is 8.78 Å². The lowest BCUT2D eigenvalue weighted by Gasteiger charge is -2.14. The largest absolute Gasteiger partial charge is 0.494 e. The number of aryl methyl sites for hydroxylation is 1. The first-order valence-corrected chi connectivity index (χ1v) is 11.0. The molecule has 31 heavy (non-hydrogen) atoms. The summed E-state index contributed by atoms with van der Waals surface area (Å²) < 4.78 is 48.5. The van der Waals surface area contributed by atoms with Crippen LogP contribution in [-0.4, -0.2) is 11.9 Å². The number of benzene rings is 3. The van der Waals surface area contributed by atoms with Gasteiger partial charge >= 0.3 is 5.25 Å². The van der Waals surface area contributed by atoms with Gasteiger partial charge in [-0.3, -0.25) is 0 Å². The third-order valence-corrected chi connectivity index (χ3v) is 5.66. The summed E-state index contributed by atoms with van der Waals surface area (Å²) in [5, 5.41) is -3.64. The summed E-state index contributed by atoms with van der Waals surface area (Å²) in [4.78, 5) is 0.316. The van der Waals surface area contributed by atoms with Crippen LogP contribution in [0.2, 0.25) is 0 Å². The molecular weight excluding hydrogens is 417 g/mol. The van der Waals surface area contributed by atoms with Crippen LogP contribution in [0.1, 0.15) is 30.9 Å². The van der Waals surface area contributed by atoms with E-state index in [1.54, 1.807) is 48.5 Å². The van der Waals surface area contributed by atoms with E-state index in [2.05, 4.69) is 6.92 Å². The lowest BCUT2D eigenvalue weighted by molar-refractivity contribution is 0.121. The Balaban J connectivity index is 1.67. The smallest absolute Gasteiger partial charge is 0.349 e. The van der Waals surface area contributed by atoms with E-state index in [4.69, 9.17) is 4.74 Å². The molecule has 0 spiro atoms. The Labute approximate surface area is 186 Å². The zero-order valence-corrected chi connectivity index (χ0v) is 18.4. The second kappa shape index (κ2) is 10.6. The first-order valence-electron chi connectivity index (χ1n) is 10.2. The number of ether oxygens (including phenoxy) is 1. The van der Waals surface area contributed by atoms with Crippen molar-refractivity contribution in [3.05, 3.63) is 89.8 Å². The second-order valence-corrected chi connectivity index (χ2v) is 8.46. The first kappa shape index (κ1) is 23.0. The molecule has 0 bridgehead atoms. The molecule has 0 aliphatic rings. The van der Waals surface area contributed by atoms with Crippen molar-refractivity contribution >= 4 is 17.8 Å². The Morgan fingerprint density at radius 1 is 0.903 bits per heavy atom. The molecule has 0 aliphatic carbocycles. The van der Waals surface area contributed by atoms with Gasteiger partial charge in [0.15, 0.2) is 5.83 Å². The minimum Gasteiger partial charge on any atom is -0.494 e. The minimum absolute atomic E-state index is 0.202. The van der Waals surface area contributed by atoms with Crippen molar-refractivity contribution in [1.82, 2.24) is 0 Å². The van der Waals surface area contributed by atoms with Crippen LogP contribution >= 0.6 is 11.8 Å². The minimum atomic E-state index is -3.64. The number of halogens is 3. The quantitative estimate of drug-likeness (QED) is 0.242. The van der Waals surface area contributed by atoms with Crippen LogP contribution < -0.4 is 4.74 Å². The molecule has 0 fully saturated rings. The molecule has 0 saturated carbocycles. The summed E-state index contributed by atoms with van der Waals surface area (Å²) in [6.07, 6.45) is 2.97. The van der Waals surface area contributed by atoms with Gasteiger partial charge in [-0.1, -0.05) is 67.4 Å². The highest BCUT2D eigenvalue weighted by atomic mass is 32.2. The fourth-order valence-electron chi connectivity index (χ4n) is 2.88. The predicted octanol–water partition coefficient (Wildman–Crippen LogP) is 8.54. The highest BCUT2D eigenvalue weighted by Crippen LogP contribution is 2.42. The van der Waals surface area contributed by atoms with Crippen molar-refractivity contribution < 1.29 is 17.9 Å². The molecule has 3 aromatic rings. The fourth-order valence-corrected chi connectivity index (χ4v) is 3.61. The van der Waals surface area contributed by atoms with Crippen LogP contribution in [0.5, 0.6) is 5.75 Å². The van der Waals surface area contributed by atoms with Gasteiger partial charge < -0.3 is 4.74 Å². The Morgan fingerprint density at radius 2 is 1.48 bits per heavy atom. The Morgan fingerprint density at radius 3 is 2.06 bits per heavy atom. The second-order valence-electron chi connectivity index (χ2n) is 7.27. The first-order chi connectivity index (χ1) is 14.9. The van der Waals surface area contributed by atoms with Gasteiger partial charge in [-0.15, -0.1) is 0 Å². The Hall–Kier alpha value is -2.66. The molecule has 162 valence electrons.